The Bertz CT molecular complexity index is 721. The molecule has 0 saturated carbocycles. The van der Waals surface area contributed by atoms with Crippen molar-refractivity contribution in [3.63, 3.8) is 0 Å². The predicted octanol–water partition coefficient (Wildman–Crippen LogP) is 6.10. The van der Waals surface area contributed by atoms with E-state index in [1.165, 1.54) is 16.7 Å². The topological polar surface area (TPSA) is 24.1 Å². The Morgan fingerprint density at radius 1 is 0.522 bits per heavy atom. The average molecular weight is 302 g/mol. The van der Waals surface area contributed by atoms with Gasteiger partial charge in [-0.3, -0.25) is 0 Å². The second kappa shape index (κ2) is 6.57. The van der Waals surface area contributed by atoms with E-state index < -0.39 is 0 Å². The first-order valence-electron chi connectivity index (χ1n) is 7.89. The van der Waals surface area contributed by atoms with Crippen molar-refractivity contribution in [3.05, 3.63) is 83.4 Å². The molecule has 0 aliphatic carbocycles. The first kappa shape index (κ1) is 15.2. The molecule has 0 aliphatic heterocycles. The third-order valence-corrected chi connectivity index (χ3v) is 3.99. The van der Waals surface area contributed by atoms with Crippen LogP contribution in [-0.4, -0.2) is 0 Å². The monoisotopic (exact) mass is 302 g/mol. The first-order valence-corrected chi connectivity index (χ1v) is 7.89. The third kappa shape index (κ3) is 3.72. The summed E-state index contributed by atoms with van der Waals surface area (Å²) in [5, 5.41) is 6.99. The van der Waals surface area contributed by atoms with Crippen molar-refractivity contribution in [2.45, 2.75) is 20.8 Å². The van der Waals surface area contributed by atoms with Crippen molar-refractivity contribution in [3.8, 4) is 0 Å². The van der Waals surface area contributed by atoms with Crippen molar-refractivity contribution >= 4 is 22.7 Å². The third-order valence-electron chi connectivity index (χ3n) is 3.99. The second-order valence-corrected chi connectivity index (χ2v) is 5.96. The molecular weight excluding hydrogens is 280 g/mol. The highest BCUT2D eigenvalue weighted by molar-refractivity contribution is 5.73. The Labute approximate surface area is 138 Å². The Kier molecular flexibility index (Phi) is 4.33. The molecule has 0 bridgehead atoms. The highest BCUT2D eigenvalue weighted by Gasteiger charge is 2.05. The molecule has 3 aromatic carbocycles. The minimum atomic E-state index is 1.10. The Balaban J connectivity index is 1.83. The van der Waals surface area contributed by atoms with Gasteiger partial charge in [-0.2, -0.15) is 0 Å². The van der Waals surface area contributed by atoms with Gasteiger partial charge in [-0.15, -0.1) is 0 Å². The molecule has 0 heterocycles. The maximum absolute atomic E-state index is 3.49. The van der Waals surface area contributed by atoms with Gasteiger partial charge >= 0.3 is 0 Å². The van der Waals surface area contributed by atoms with Crippen LogP contribution in [0, 0.1) is 20.8 Å². The van der Waals surface area contributed by atoms with Gasteiger partial charge in [0.05, 0.1) is 0 Å². The van der Waals surface area contributed by atoms with Crippen LogP contribution in [0.2, 0.25) is 0 Å². The Hall–Kier alpha value is -2.74. The zero-order valence-corrected chi connectivity index (χ0v) is 13.9. The number of aryl methyl sites for hydroxylation is 2. The predicted molar refractivity (Wildman–Crippen MR) is 100 cm³/mol. The normalized spacial score (nSPS) is 10.4. The fourth-order valence-electron chi connectivity index (χ4n) is 2.49. The summed E-state index contributed by atoms with van der Waals surface area (Å²) in [5.74, 6) is 0. The number of hydrogen-bond donors (Lipinski definition) is 2. The molecule has 3 aromatic rings. The summed E-state index contributed by atoms with van der Waals surface area (Å²) >= 11 is 0. The summed E-state index contributed by atoms with van der Waals surface area (Å²) in [7, 11) is 0. The van der Waals surface area contributed by atoms with Crippen LogP contribution in [0.15, 0.2) is 66.7 Å². The van der Waals surface area contributed by atoms with Crippen LogP contribution >= 0.6 is 0 Å². The van der Waals surface area contributed by atoms with Crippen LogP contribution in [0.5, 0.6) is 0 Å². The zero-order valence-electron chi connectivity index (χ0n) is 13.9. The lowest BCUT2D eigenvalue weighted by atomic mass is 10.1. The summed E-state index contributed by atoms with van der Waals surface area (Å²) in [6, 6.07) is 23.2. The van der Waals surface area contributed by atoms with Crippen molar-refractivity contribution in [1.82, 2.24) is 0 Å². The van der Waals surface area contributed by atoms with Crippen LogP contribution in [-0.2, 0) is 0 Å². The number of benzene rings is 3. The van der Waals surface area contributed by atoms with E-state index in [2.05, 4.69) is 98.1 Å². The summed E-state index contributed by atoms with van der Waals surface area (Å²) < 4.78 is 0. The molecule has 0 amide bonds. The van der Waals surface area contributed by atoms with E-state index >= 15 is 0 Å². The summed E-state index contributed by atoms with van der Waals surface area (Å²) in [6.07, 6.45) is 0. The summed E-state index contributed by atoms with van der Waals surface area (Å²) in [6.45, 7) is 6.33. The van der Waals surface area contributed by atoms with Gasteiger partial charge in [-0.25, -0.2) is 0 Å². The average Bonchev–Trinajstić information content (AvgIpc) is 2.55. The van der Waals surface area contributed by atoms with E-state index in [1.54, 1.807) is 0 Å². The lowest BCUT2D eigenvalue weighted by Crippen LogP contribution is -1.98. The lowest BCUT2D eigenvalue weighted by Gasteiger charge is -2.15. The standard InChI is InChI=1S/C21H22N2/c1-15-7-11-18(12-8-15)22-20-5-4-6-21(17(20)3)23-19-13-9-16(2)10-14-19/h4-14,22-23H,1-3H3. The van der Waals surface area contributed by atoms with Crippen LogP contribution in [0.25, 0.3) is 0 Å². The van der Waals surface area contributed by atoms with Crippen LogP contribution < -0.4 is 10.6 Å². The van der Waals surface area contributed by atoms with Gasteiger partial charge in [0.15, 0.2) is 0 Å². The second-order valence-electron chi connectivity index (χ2n) is 5.96. The Morgan fingerprint density at radius 3 is 1.30 bits per heavy atom. The minimum absolute atomic E-state index is 1.10. The maximum Gasteiger partial charge on any atom is 0.0434 e. The van der Waals surface area contributed by atoms with E-state index in [-0.39, 0.29) is 0 Å². The molecule has 0 atom stereocenters. The molecule has 2 N–H and O–H groups in total. The molecule has 0 radical (unpaired) electrons. The van der Waals surface area contributed by atoms with Gasteiger partial charge in [0.1, 0.15) is 0 Å². The Morgan fingerprint density at radius 2 is 0.913 bits per heavy atom. The van der Waals surface area contributed by atoms with E-state index in [1.807, 2.05) is 0 Å². The van der Waals surface area contributed by atoms with Crippen molar-refractivity contribution in [2.24, 2.45) is 0 Å². The molecule has 0 fully saturated rings. The van der Waals surface area contributed by atoms with Crippen molar-refractivity contribution < 1.29 is 0 Å². The molecule has 0 aliphatic rings. The molecule has 3 rings (SSSR count). The van der Waals surface area contributed by atoms with E-state index in [0.29, 0.717) is 0 Å². The molecule has 2 heteroatoms. The molecule has 0 saturated heterocycles. The molecule has 0 spiro atoms. The van der Waals surface area contributed by atoms with Gasteiger partial charge < -0.3 is 10.6 Å². The van der Waals surface area contributed by atoms with Crippen LogP contribution in [0.4, 0.5) is 22.7 Å². The fourth-order valence-corrected chi connectivity index (χ4v) is 2.49. The van der Waals surface area contributed by atoms with Gasteiger partial charge in [0, 0.05) is 22.7 Å². The zero-order chi connectivity index (χ0) is 16.2. The molecule has 0 unspecified atom stereocenters. The smallest absolute Gasteiger partial charge is 0.0434 e. The lowest BCUT2D eigenvalue weighted by molar-refractivity contribution is 1.39. The maximum atomic E-state index is 3.49. The van der Waals surface area contributed by atoms with E-state index in [4.69, 9.17) is 0 Å². The molecule has 116 valence electrons. The van der Waals surface area contributed by atoms with Crippen molar-refractivity contribution in [2.75, 3.05) is 10.6 Å². The number of anilines is 4. The van der Waals surface area contributed by atoms with E-state index in [0.717, 1.165) is 22.7 Å². The number of hydrogen-bond acceptors (Lipinski definition) is 2. The molecule has 23 heavy (non-hydrogen) atoms. The molecule has 2 nitrogen and oxygen atoms in total. The van der Waals surface area contributed by atoms with Gasteiger partial charge in [-0.1, -0.05) is 41.5 Å². The highest BCUT2D eigenvalue weighted by atomic mass is 14.9. The minimum Gasteiger partial charge on any atom is -0.355 e. The van der Waals surface area contributed by atoms with Crippen LogP contribution in [0.3, 0.4) is 0 Å². The fraction of sp³-hybridized carbons (Fsp3) is 0.143. The van der Waals surface area contributed by atoms with E-state index in [9.17, 15) is 0 Å². The SMILES string of the molecule is Cc1ccc(Nc2cccc(Nc3ccc(C)cc3)c2C)cc1. The largest absolute Gasteiger partial charge is 0.355 e. The molecular formula is C21H22N2. The highest BCUT2D eigenvalue weighted by Crippen LogP contribution is 2.28. The molecule has 0 aromatic heterocycles. The number of rotatable bonds is 4. The van der Waals surface area contributed by atoms with Gasteiger partial charge in [0.2, 0.25) is 0 Å². The van der Waals surface area contributed by atoms with Gasteiger partial charge in [-0.05, 0) is 62.7 Å². The van der Waals surface area contributed by atoms with Crippen LogP contribution in [0.1, 0.15) is 16.7 Å². The number of nitrogens with one attached hydrogen (secondary N) is 2. The first-order chi connectivity index (χ1) is 11.1. The summed E-state index contributed by atoms with van der Waals surface area (Å²) in [5.41, 5.74) is 8.17. The quantitative estimate of drug-likeness (QED) is 0.608. The van der Waals surface area contributed by atoms with Gasteiger partial charge in [0.25, 0.3) is 0 Å². The van der Waals surface area contributed by atoms with Crippen molar-refractivity contribution in [1.29, 1.82) is 0 Å². The summed E-state index contributed by atoms with van der Waals surface area (Å²) in [4.78, 5) is 0.